The first-order valence-corrected chi connectivity index (χ1v) is 10.4. The van der Waals surface area contributed by atoms with E-state index >= 15 is 0 Å². The molecule has 0 aliphatic heterocycles. The average molecular weight is 454 g/mol. The van der Waals surface area contributed by atoms with Crippen molar-refractivity contribution < 1.29 is 18.3 Å². The van der Waals surface area contributed by atoms with Crippen LogP contribution in [0.5, 0.6) is 23.0 Å². The molecule has 34 heavy (non-hydrogen) atoms. The van der Waals surface area contributed by atoms with E-state index in [0.717, 1.165) is 6.07 Å². The minimum atomic E-state index is -0.510. The number of halogens is 1. The second-order valence-electron chi connectivity index (χ2n) is 7.62. The highest BCUT2D eigenvalue weighted by Crippen LogP contribution is 2.38. The number of nitrogen functional groups attached to an aromatic ring is 2. The van der Waals surface area contributed by atoms with Crippen LogP contribution in [0.4, 0.5) is 15.8 Å². The minimum Gasteiger partial charge on any atom is -0.457 e. The first-order chi connectivity index (χ1) is 16.4. The molecule has 0 atom stereocenters. The first kappa shape index (κ1) is 21.1. The highest BCUT2D eigenvalue weighted by Gasteiger charge is 2.15. The third kappa shape index (κ3) is 4.40. The van der Waals surface area contributed by atoms with Crippen molar-refractivity contribution in [3.05, 3.63) is 107 Å². The number of hydrogen-bond acceptors (Lipinski definition) is 6. The van der Waals surface area contributed by atoms with Crippen molar-refractivity contribution in [2.75, 3.05) is 11.5 Å². The molecular weight excluding hydrogens is 435 g/mol. The highest BCUT2D eigenvalue weighted by atomic mass is 19.1. The Hall–Kier alpha value is -4.78. The van der Waals surface area contributed by atoms with Crippen LogP contribution in [-0.4, -0.2) is 0 Å². The van der Waals surface area contributed by atoms with Crippen molar-refractivity contribution in [1.82, 2.24) is 0 Å². The van der Waals surface area contributed by atoms with Gasteiger partial charge in [0.2, 0.25) is 0 Å². The van der Waals surface area contributed by atoms with E-state index in [-0.39, 0.29) is 22.2 Å². The van der Waals surface area contributed by atoms with Crippen LogP contribution in [0.1, 0.15) is 0 Å². The lowest BCUT2D eigenvalue weighted by molar-refractivity contribution is 0.460. The molecule has 0 aliphatic carbocycles. The molecule has 7 heteroatoms. The standard InChI is InChI=1S/C27H19FN2O4/c28-16-1-12-25-23(13-16)24(31)15-27(34-25)22-11-10-21(32-19-6-2-17(29)3-7-19)14-26(22)33-20-8-4-18(30)5-9-20/h1-15H,29-30H2. The van der Waals surface area contributed by atoms with E-state index in [1.165, 1.54) is 18.2 Å². The topological polar surface area (TPSA) is 101 Å². The lowest BCUT2D eigenvalue weighted by atomic mass is 10.1. The van der Waals surface area contributed by atoms with E-state index < -0.39 is 5.82 Å². The fraction of sp³-hybridized carbons (Fsp3) is 0. The van der Waals surface area contributed by atoms with Crippen molar-refractivity contribution in [2.24, 2.45) is 0 Å². The number of nitrogens with two attached hydrogens (primary N) is 2. The molecule has 0 amide bonds. The zero-order valence-electron chi connectivity index (χ0n) is 17.8. The minimum absolute atomic E-state index is 0.160. The molecule has 4 aromatic carbocycles. The number of anilines is 2. The van der Waals surface area contributed by atoms with Crippen molar-refractivity contribution in [3.63, 3.8) is 0 Å². The van der Waals surface area contributed by atoms with Gasteiger partial charge in [-0.1, -0.05) is 0 Å². The molecule has 0 aliphatic rings. The second-order valence-corrected chi connectivity index (χ2v) is 7.62. The molecule has 1 heterocycles. The third-order valence-corrected chi connectivity index (χ3v) is 5.13. The summed E-state index contributed by atoms with van der Waals surface area (Å²) in [6.45, 7) is 0. The number of rotatable bonds is 5. The SMILES string of the molecule is Nc1ccc(Oc2ccc(-c3cc(=O)c4cc(F)ccc4o3)c(Oc3ccc(N)cc3)c2)cc1. The Labute approximate surface area is 193 Å². The van der Waals surface area contributed by atoms with Crippen LogP contribution in [0.15, 0.2) is 100 Å². The molecule has 0 spiro atoms. The van der Waals surface area contributed by atoms with Crippen LogP contribution in [0, 0.1) is 5.82 Å². The van der Waals surface area contributed by atoms with Gasteiger partial charge in [-0.3, -0.25) is 4.79 Å². The molecule has 0 unspecified atom stereocenters. The van der Waals surface area contributed by atoms with E-state index in [9.17, 15) is 9.18 Å². The summed E-state index contributed by atoms with van der Waals surface area (Å²) in [4.78, 5) is 12.7. The Morgan fingerprint density at radius 2 is 1.29 bits per heavy atom. The zero-order chi connectivity index (χ0) is 23.7. The van der Waals surface area contributed by atoms with E-state index in [0.29, 0.717) is 39.9 Å². The van der Waals surface area contributed by atoms with Gasteiger partial charge in [0.1, 0.15) is 40.2 Å². The summed E-state index contributed by atoms with van der Waals surface area (Å²) in [5.41, 5.74) is 13.2. The molecule has 0 saturated carbocycles. The largest absolute Gasteiger partial charge is 0.457 e. The molecule has 5 rings (SSSR count). The lowest BCUT2D eigenvalue weighted by Crippen LogP contribution is -2.01. The fourth-order valence-corrected chi connectivity index (χ4v) is 3.45. The van der Waals surface area contributed by atoms with Gasteiger partial charge in [0.05, 0.1) is 10.9 Å². The van der Waals surface area contributed by atoms with Gasteiger partial charge in [0, 0.05) is 23.5 Å². The maximum atomic E-state index is 13.6. The van der Waals surface area contributed by atoms with Gasteiger partial charge in [0.25, 0.3) is 0 Å². The summed E-state index contributed by atoms with van der Waals surface area (Å²) in [6.07, 6.45) is 0. The van der Waals surface area contributed by atoms with Crippen molar-refractivity contribution in [1.29, 1.82) is 0 Å². The Morgan fingerprint density at radius 1 is 0.676 bits per heavy atom. The van der Waals surface area contributed by atoms with Crippen LogP contribution < -0.4 is 26.4 Å². The van der Waals surface area contributed by atoms with Gasteiger partial charge in [-0.2, -0.15) is 0 Å². The van der Waals surface area contributed by atoms with E-state index in [1.807, 2.05) is 0 Å². The Morgan fingerprint density at radius 3 is 1.97 bits per heavy atom. The molecule has 0 saturated heterocycles. The summed E-state index contributed by atoms with van der Waals surface area (Å²) >= 11 is 0. The van der Waals surface area contributed by atoms with E-state index in [4.69, 9.17) is 25.4 Å². The van der Waals surface area contributed by atoms with Crippen LogP contribution >= 0.6 is 0 Å². The Balaban J connectivity index is 1.59. The van der Waals surface area contributed by atoms with Crippen LogP contribution in [0.3, 0.4) is 0 Å². The van der Waals surface area contributed by atoms with Gasteiger partial charge < -0.3 is 25.4 Å². The Kier molecular flexibility index (Phi) is 5.35. The number of ether oxygens (including phenoxy) is 2. The highest BCUT2D eigenvalue weighted by molar-refractivity contribution is 5.80. The average Bonchev–Trinajstić information content (AvgIpc) is 2.83. The van der Waals surface area contributed by atoms with Gasteiger partial charge >= 0.3 is 0 Å². The van der Waals surface area contributed by atoms with Crippen molar-refractivity contribution in [3.8, 4) is 34.3 Å². The quantitative estimate of drug-likeness (QED) is 0.300. The molecule has 5 aromatic rings. The molecule has 4 N–H and O–H groups in total. The Bertz CT molecular complexity index is 1540. The number of benzene rings is 4. The summed E-state index contributed by atoms with van der Waals surface area (Å²) in [5, 5.41) is 0.160. The lowest BCUT2D eigenvalue weighted by Gasteiger charge is -2.14. The molecule has 168 valence electrons. The molecule has 0 bridgehead atoms. The monoisotopic (exact) mass is 454 g/mol. The van der Waals surface area contributed by atoms with Crippen LogP contribution in [0.2, 0.25) is 0 Å². The molecule has 0 fully saturated rings. The van der Waals surface area contributed by atoms with Gasteiger partial charge in [0.15, 0.2) is 5.43 Å². The van der Waals surface area contributed by atoms with E-state index in [2.05, 4.69) is 0 Å². The smallest absolute Gasteiger partial charge is 0.193 e. The number of fused-ring (bicyclic) bond motifs is 1. The first-order valence-electron chi connectivity index (χ1n) is 10.4. The summed E-state index contributed by atoms with van der Waals surface area (Å²) in [6, 6.07) is 24.2. The normalized spacial score (nSPS) is 10.9. The molecular formula is C27H19FN2O4. The van der Waals surface area contributed by atoms with Crippen LogP contribution in [0.25, 0.3) is 22.3 Å². The predicted molar refractivity (Wildman–Crippen MR) is 130 cm³/mol. The maximum Gasteiger partial charge on any atom is 0.193 e. The van der Waals surface area contributed by atoms with Gasteiger partial charge in [-0.25, -0.2) is 4.39 Å². The summed E-state index contributed by atoms with van der Waals surface area (Å²) < 4.78 is 31.6. The van der Waals surface area contributed by atoms with E-state index in [1.54, 1.807) is 66.7 Å². The molecule has 0 radical (unpaired) electrons. The third-order valence-electron chi connectivity index (χ3n) is 5.13. The molecule has 1 aromatic heterocycles. The van der Waals surface area contributed by atoms with Gasteiger partial charge in [-0.05, 0) is 78.9 Å². The second kappa shape index (κ2) is 8.63. The molecule has 6 nitrogen and oxygen atoms in total. The maximum absolute atomic E-state index is 13.6. The van der Waals surface area contributed by atoms with Crippen molar-refractivity contribution >= 4 is 22.3 Å². The predicted octanol–water partition coefficient (Wildman–Crippen LogP) is 6.35. The van der Waals surface area contributed by atoms with Gasteiger partial charge in [-0.15, -0.1) is 0 Å². The zero-order valence-corrected chi connectivity index (χ0v) is 17.8. The van der Waals surface area contributed by atoms with Crippen molar-refractivity contribution in [2.45, 2.75) is 0 Å². The number of hydrogen-bond donors (Lipinski definition) is 2. The fourth-order valence-electron chi connectivity index (χ4n) is 3.45. The van der Waals surface area contributed by atoms with Crippen LogP contribution in [-0.2, 0) is 0 Å². The summed E-state index contributed by atoms with van der Waals surface area (Å²) in [7, 11) is 0. The summed E-state index contributed by atoms with van der Waals surface area (Å²) in [5.74, 6) is 1.79.